The number of carbonyl (C=O) groups excluding carboxylic acids is 3. The average Bonchev–Trinajstić information content (AvgIpc) is 3.17. The molecule has 3 aromatic rings. The molecule has 5 rings (SSSR count). The van der Waals surface area contributed by atoms with E-state index in [1.165, 1.54) is 23.1 Å². The number of benzene rings is 3. The molecule has 0 saturated heterocycles. The predicted molar refractivity (Wildman–Crippen MR) is 161 cm³/mol. The molecule has 11 heteroatoms. The second-order valence-electron chi connectivity index (χ2n) is 10.6. The molecule has 1 fully saturated rings. The second kappa shape index (κ2) is 12.9. The molecule has 0 radical (unpaired) electrons. The van der Waals surface area contributed by atoms with E-state index in [-0.39, 0.29) is 35.4 Å². The highest BCUT2D eigenvalue weighted by molar-refractivity contribution is 7.90. The molecule has 1 aliphatic carbocycles. The van der Waals surface area contributed by atoms with Crippen LogP contribution in [0.1, 0.15) is 53.6 Å². The summed E-state index contributed by atoms with van der Waals surface area (Å²) in [5.41, 5.74) is 1.35. The van der Waals surface area contributed by atoms with Crippen LogP contribution in [0.3, 0.4) is 0 Å². The topological polar surface area (TPSA) is 104 Å². The first kappa shape index (κ1) is 30.1. The van der Waals surface area contributed by atoms with Gasteiger partial charge in [-0.2, -0.15) is 0 Å². The standard InChI is InChI=1S/C31H31Cl2N3O5S/c32-23-16-15-22(26(33)18-23)19-35(29(37)20-36-31(39)25-13-7-8-14-28(25)42(36,40)41)27(17-21-9-3-1-4-10-21)30(38)34-24-11-5-2-6-12-24/h1,3-4,7-10,13-16,18,24,27H,2,5-6,11-12,17,19-20H2,(H,34,38)/t27-/m1/s1. The van der Waals surface area contributed by atoms with Gasteiger partial charge in [-0.1, -0.05) is 91.0 Å². The number of hydrogen-bond donors (Lipinski definition) is 1. The zero-order valence-electron chi connectivity index (χ0n) is 22.8. The lowest BCUT2D eigenvalue weighted by Gasteiger charge is -2.34. The first-order valence-corrected chi connectivity index (χ1v) is 16.1. The zero-order chi connectivity index (χ0) is 29.9. The van der Waals surface area contributed by atoms with Gasteiger partial charge in [0.1, 0.15) is 17.5 Å². The number of halogens is 2. The molecule has 1 atom stereocenters. The molecule has 1 aliphatic heterocycles. The van der Waals surface area contributed by atoms with Crippen LogP contribution in [0.15, 0.2) is 77.7 Å². The Morgan fingerprint density at radius 2 is 1.64 bits per heavy atom. The van der Waals surface area contributed by atoms with E-state index in [1.54, 1.807) is 24.3 Å². The summed E-state index contributed by atoms with van der Waals surface area (Å²) in [6, 6.07) is 18.9. The fourth-order valence-electron chi connectivity index (χ4n) is 5.53. The highest BCUT2D eigenvalue weighted by atomic mass is 35.5. The highest BCUT2D eigenvalue weighted by Gasteiger charge is 2.43. The van der Waals surface area contributed by atoms with Crippen molar-refractivity contribution in [1.29, 1.82) is 0 Å². The molecule has 1 saturated carbocycles. The van der Waals surface area contributed by atoms with Gasteiger partial charge in [0.05, 0.1) is 5.56 Å². The van der Waals surface area contributed by atoms with Crippen LogP contribution < -0.4 is 5.32 Å². The second-order valence-corrected chi connectivity index (χ2v) is 13.3. The molecular formula is C31H31Cl2N3O5S. The van der Waals surface area contributed by atoms with Crippen molar-refractivity contribution >= 4 is 50.9 Å². The van der Waals surface area contributed by atoms with E-state index in [9.17, 15) is 22.8 Å². The van der Waals surface area contributed by atoms with E-state index in [0.717, 1.165) is 37.7 Å². The molecule has 1 N–H and O–H groups in total. The van der Waals surface area contributed by atoms with Crippen molar-refractivity contribution in [1.82, 2.24) is 14.5 Å². The molecule has 0 spiro atoms. The van der Waals surface area contributed by atoms with Crippen LogP contribution in [0.25, 0.3) is 0 Å². The summed E-state index contributed by atoms with van der Waals surface area (Å²) >= 11 is 12.6. The van der Waals surface area contributed by atoms with Crippen LogP contribution >= 0.6 is 23.2 Å². The van der Waals surface area contributed by atoms with Crippen molar-refractivity contribution in [3.63, 3.8) is 0 Å². The van der Waals surface area contributed by atoms with E-state index < -0.39 is 34.4 Å². The van der Waals surface area contributed by atoms with Crippen LogP contribution in [0.4, 0.5) is 0 Å². The smallest absolute Gasteiger partial charge is 0.269 e. The van der Waals surface area contributed by atoms with Gasteiger partial charge in [-0.25, -0.2) is 12.7 Å². The summed E-state index contributed by atoms with van der Waals surface area (Å²) in [6.45, 7) is -0.859. The third-order valence-electron chi connectivity index (χ3n) is 7.77. The van der Waals surface area contributed by atoms with Gasteiger partial charge < -0.3 is 10.2 Å². The van der Waals surface area contributed by atoms with Crippen molar-refractivity contribution in [3.05, 3.63) is 99.5 Å². The monoisotopic (exact) mass is 627 g/mol. The average molecular weight is 629 g/mol. The number of hydrogen-bond acceptors (Lipinski definition) is 5. The summed E-state index contributed by atoms with van der Waals surface area (Å²) in [5, 5.41) is 3.83. The molecule has 0 bridgehead atoms. The Balaban J connectivity index is 1.51. The SMILES string of the molecule is O=C(NC1CCCCC1)[C@@H](Cc1ccccc1)N(Cc1ccc(Cl)cc1Cl)C(=O)CN1C(=O)c2ccccc2S1(=O)=O. The van der Waals surface area contributed by atoms with Crippen molar-refractivity contribution in [2.45, 2.75) is 62.0 Å². The zero-order valence-corrected chi connectivity index (χ0v) is 25.2. The summed E-state index contributed by atoms with van der Waals surface area (Å²) in [7, 11) is -4.25. The van der Waals surface area contributed by atoms with Gasteiger partial charge in [0.25, 0.3) is 15.9 Å². The van der Waals surface area contributed by atoms with Crippen molar-refractivity contribution in [2.24, 2.45) is 0 Å². The fourth-order valence-corrected chi connectivity index (χ4v) is 7.52. The number of amides is 3. The van der Waals surface area contributed by atoms with Crippen molar-refractivity contribution < 1.29 is 22.8 Å². The fraction of sp³-hybridized carbons (Fsp3) is 0.323. The minimum atomic E-state index is -4.25. The lowest BCUT2D eigenvalue weighted by molar-refractivity contribution is -0.141. The van der Waals surface area contributed by atoms with E-state index in [0.29, 0.717) is 19.9 Å². The van der Waals surface area contributed by atoms with Crippen LogP contribution in [0.5, 0.6) is 0 Å². The van der Waals surface area contributed by atoms with Crippen LogP contribution in [0.2, 0.25) is 10.0 Å². The Bertz CT molecular complexity index is 1590. The number of carbonyl (C=O) groups is 3. The summed E-state index contributed by atoms with van der Waals surface area (Å²) in [4.78, 5) is 42.4. The largest absolute Gasteiger partial charge is 0.352 e. The number of sulfonamides is 1. The van der Waals surface area contributed by atoms with Crippen molar-refractivity contribution in [3.8, 4) is 0 Å². The molecule has 42 heavy (non-hydrogen) atoms. The Morgan fingerprint density at radius 1 is 0.952 bits per heavy atom. The lowest BCUT2D eigenvalue weighted by Crippen LogP contribution is -2.55. The first-order valence-electron chi connectivity index (χ1n) is 13.9. The van der Waals surface area contributed by atoms with Gasteiger partial charge in [-0.3, -0.25) is 14.4 Å². The van der Waals surface area contributed by atoms with Crippen LogP contribution in [-0.2, 0) is 32.6 Å². The number of nitrogens with one attached hydrogen (secondary N) is 1. The number of nitrogens with zero attached hydrogens (tertiary/aromatic N) is 2. The van der Waals surface area contributed by atoms with Crippen molar-refractivity contribution in [2.75, 3.05) is 6.54 Å². The Hall–Kier alpha value is -3.40. The maximum Gasteiger partial charge on any atom is 0.269 e. The van der Waals surface area contributed by atoms with E-state index >= 15 is 0 Å². The minimum absolute atomic E-state index is 0.00785. The van der Waals surface area contributed by atoms with Crippen LogP contribution in [0, 0.1) is 0 Å². The predicted octanol–water partition coefficient (Wildman–Crippen LogP) is 5.23. The van der Waals surface area contributed by atoms with E-state index in [2.05, 4.69) is 5.32 Å². The summed E-state index contributed by atoms with van der Waals surface area (Å²) < 4.78 is 27.1. The number of rotatable bonds is 9. The number of fused-ring (bicyclic) bond motifs is 1. The molecule has 220 valence electrons. The Morgan fingerprint density at radius 3 is 2.33 bits per heavy atom. The molecule has 3 aromatic carbocycles. The van der Waals surface area contributed by atoms with Gasteiger partial charge >= 0.3 is 0 Å². The maximum absolute atomic E-state index is 14.1. The highest BCUT2D eigenvalue weighted by Crippen LogP contribution is 2.31. The molecular weight excluding hydrogens is 597 g/mol. The molecule has 2 aliphatic rings. The molecule has 8 nitrogen and oxygen atoms in total. The molecule has 3 amide bonds. The van der Waals surface area contributed by atoms with Gasteiger partial charge in [0.2, 0.25) is 11.8 Å². The van der Waals surface area contributed by atoms with Crippen LogP contribution in [-0.4, -0.2) is 54.0 Å². The van der Waals surface area contributed by atoms with E-state index in [4.69, 9.17) is 23.2 Å². The normalized spacial score (nSPS) is 17.0. The van der Waals surface area contributed by atoms with Gasteiger partial charge in [-0.15, -0.1) is 0 Å². The van der Waals surface area contributed by atoms with Gasteiger partial charge in [-0.05, 0) is 48.2 Å². The Kier molecular flexibility index (Phi) is 9.20. The van der Waals surface area contributed by atoms with Gasteiger partial charge in [0.15, 0.2) is 0 Å². The first-order chi connectivity index (χ1) is 20.1. The lowest BCUT2D eigenvalue weighted by atomic mass is 9.94. The maximum atomic E-state index is 14.1. The van der Waals surface area contributed by atoms with E-state index in [1.807, 2.05) is 30.3 Å². The third-order valence-corrected chi connectivity index (χ3v) is 10.1. The quantitative estimate of drug-likeness (QED) is 0.350. The summed E-state index contributed by atoms with van der Waals surface area (Å²) in [6.07, 6.45) is 5.00. The molecule has 0 aromatic heterocycles. The third kappa shape index (κ3) is 6.48. The summed E-state index contributed by atoms with van der Waals surface area (Å²) in [5.74, 6) is -1.83. The Labute approximate surface area is 255 Å². The molecule has 0 unspecified atom stereocenters. The molecule has 1 heterocycles. The minimum Gasteiger partial charge on any atom is -0.352 e. The van der Waals surface area contributed by atoms with Gasteiger partial charge in [0, 0.05) is 29.1 Å².